The van der Waals surface area contributed by atoms with Gasteiger partial charge in [0, 0.05) is 29.3 Å². The van der Waals surface area contributed by atoms with E-state index < -0.39 is 15.3 Å². The highest BCUT2D eigenvalue weighted by molar-refractivity contribution is 7.90. The van der Waals surface area contributed by atoms with Crippen LogP contribution in [0.4, 0.5) is 5.69 Å². The molecular weight excluding hydrogens is 402 g/mol. The molecule has 0 radical (unpaired) electrons. The van der Waals surface area contributed by atoms with E-state index in [0.717, 1.165) is 11.1 Å². The quantitative estimate of drug-likeness (QED) is 0.609. The summed E-state index contributed by atoms with van der Waals surface area (Å²) < 4.78 is 26.9. The molecule has 1 aromatic rings. The first kappa shape index (κ1) is 24.3. The predicted molar refractivity (Wildman–Crippen MR) is 120 cm³/mol. The van der Waals surface area contributed by atoms with Gasteiger partial charge in [0.15, 0.2) is 0 Å². The third-order valence-corrected chi connectivity index (χ3v) is 7.43. The maximum absolute atomic E-state index is 12.8. The number of aryl methyl sites for hydroxylation is 1. The molecule has 0 aromatic heterocycles. The van der Waals surface area contributed by atoms with Crippen LogP contribution in [0.25, 0.3) is 0 Å². The number of carbonyl (C=O) groups excluding carboxylic acids is 2. The molecular formula is C22H35N3O4S. The monoisotopic (exact) mass is 437 g/mol. The number of nitrogens with one attached hydrogen (secondary N) is 3. The van der Waals surface area contributed by atoms with Crippen LogP contribution in [0.5, 0.6) is 0 Å². The smallest absolute Gasteiger partial charge is 0.251 e. The van der Waals surface area contributed by atoms with Gasteiger partial charge in [-0.2, -0.15) is 0 Å². The molecule has 0 saturated heterocycles. The molecule has 1 saturated carbocycles. The molecule has 168 valence electrons. The van der Waals surface area contributed by atoms with Crippen LogP contribution >= 0.6 is 0 Å². The van der Waals surface area contributed by atoms with E-state index in [1.165, 1.54) is 0 Å². The lowest BCUT2D eigenvalue weighted by Gasteiger charge is -2.29. The Bertz CT molecular complexity index is 886. The van der Waals surface area contributed by atoms with E-state index in [1.54, 1.807) is 13.8 Å². The lowest BCUT2D eigenvalue weighted by Crippen LogP contribution is -2.42. The zero-order valence-electron chi connectivity index (χ0n) is 18.8. The fraction of sp³-hybridized carbons (Fsp3) is 0.636. The minimum atomic E-state index is -3.30. The van der Waals surface area contributed by atoms with E-state index >= 15 is 0 Å². The van der Waals surface area contributed by atoms with Gasteiger partial charge < -0.3 is 10.6 Å². The van der Waals surface area contributed by atoms with Crippen molar-refractivity contribution >= 4 is 27.5 Å². The number of anilines is 1. The highest BCUT2D eigenvalue weighted by Gasteiger charge is 2.30. The number of sulfonamides is 1. The third-order valence-electron chi connectivity index (χ3n) is 5.52. The molecule has 1 aromatic carbocycles. The second kappa shape index (κ2) is 9.92. The van der Waals surface area contributed by atoms with Gasteiger partial charge in [-0.05, 0) is 90.5 Å². The Kier molecular flexibility index (Phi) is 8.05. The van der Waals surface area contributed by atoms with Crippen molar-refractivity contribution in [3.05, 3.63) is 28.8 Å². The molecule has 2 rings (SSSR count). The second-order valence-corrected chi connectivity index (χ2v) is 11.1. The number of hydrogen-bond acceptors (Lipinski definition) is 4. The van der Waals surface area contributed by atoms with E-state index in [0.29, 0.717) is 36.9 Å². The van der Waals surface area contributed by atoms with Crippen LogP contribution in [0.3, 0.4) is 0 Å². The largest absolute Gasteiger partial charge is 0.350 e. The van der Waals surface area contributed by atoms with Crippen molar-refractivity contribution in [2.45, 2.75) is 84.6 Å². The van der Waals surface area contributed by atoms with Crippen LogP contribution in [-0.4, -0.2) is 37.6 Å². The van der Waals surface area contributed by atoms with Crippen LogP contribution < -0.4 is 15.4 Å². The van der Waals surface area contributed by atoms with Gasteiger partial charge in [0.2, 0.25) is 15.9 Å². The summed E-state index contributed by atoms with van der Waals surface area (Å²) in [6, 6.07) is 3.61. The first-order chi connectivity index (χ1) is 13.9. The van der Waals surface area contributed by atoms with Gasteiger partial charge in [0.05, 0.1) is 5.25 Å². The van der Waals surface area contributed by atoms with Crippen LogP contribution in [0.15, 0.2) is 12.1 Å². The zero-order valence-corrected chi connectivity index (χ0v) is 19.7. The molecule has 2 amide bonds. The summed E-state index contributed by atoms with van der Waals surface area (Å²) in [6.07, 6.45) is 2.53. The Morgan fingerprint density at radius 3 is 2.13 bits per heavy atom. The number of amides is 2. The molecule has 3 N–H and O–H groups in total. The maximum Gasteiger partial charge on any atom is 0.251 e. The molecule has 7 nitrogen and oxygen atoms in total. The number of benzene rings is 1. The van der Waals surface area contributed by atoms with E-state index in [-0.39, 0.29) is 29.8 Å². The molecule has 0 heterocycles. The lowest BCUT2D eigenvalue weighted by atomic mass is 9.86. The normalized spacial score (nSPS) is 19.7. The van der Waals surface area contributed by atoms with E-state index in [9.17, 15) is 18.0 Å². The Morgan fingerprint density at radius 1 is 1.00 bits per heavy atom. The second-order valence-electron chi connectivity index (χ2n) is 8.86. The average molecular weight is 438 g/mol. The minimum absolute atomic E-state index is 0.0266. The summed E-state index contributed by atoms with van der Waals surface area (Å²) >= 11 is 0. The van der Waals surface area contributed by atoms with Gasteiger partial charge in [0.25, 0.3) is 5.91 Å². The van der Waals surface area contributed by atoms with Gasteiger partial charge >= 0.3 is 0 Å². The summed E-state index contributed by atoms with van der Waals surface area (Å²) in [5.41, 5.74) is 2.85. The van der Waals surface area contributed by atoms with Gasteiger partial charge in [-0.3, -0.25) is 9.59 Å². The molecule has 0 unspecified atom stereocenters. The Balaban J connectivity index is 2.04. The van der Waals surface area contributed by atoms with Crippen LogP contribution in [0.2, 0.25) is 0 Å². The Morgan fingerprint density at radius 2 is 1.60 bits per heavy atom. The van der Waals surface area contributed by atoms with Crippen molar-refractivity contribution in [1.82, 2.24) is 10.0 Å². The molecule has 8 heteroatoms. The number of rotatable bonds is 7. The molecule has 30 heavy (non-hydrogen) atoms. The van der Waals surface area contributed by atoms with Crippen molar-refractivity contribution in [3.8, 4) is 0 Å². The van der Waals surface area contributed by atoms with Crippen molar-refractivity contribution in [2.24, 2.45) is 5.92 Å². The van der Waals surface area contributed by atoms with Gasteiger partial charge in [-0.25, -0.2) is 13.1 Å². The fourth-order valence-corrected chi connectivity index (χ4v) is 4.61. The van der Waals surface area contributed by atoms with Crippen molar-refractivity contribution in [3.63, 3.8) is 0 Å². The molecule has 1 aliphatic carbocycles. The summed E-state index contributed by atoms with van der Waals surface area (Å²) in [4.78, 5) is 25.3. The van der Waals surface area contributed by atoms with E-state index in [2.05, 4.69) is 15.4 Å². The first-order valence-corrected chi connectivity index (χ1v) is 12.2. The minimum Gasteiger partial charge on any atom is -0.350 e. The molecule has 0 spiro atoms. The van der Waals surface area contributed by atoms with Gasteiger partial charge in [0.1, 0.15) is 0 Å². The number of hydrogen-bond donors (Lipinski definition) is 3. The van der Waals surface area contributed by atoms with Crippen LogP contribution in [-0.2, 0) is 14.8 Å². The van der Waals surface area contributed by atoms with E-state index in [1.807, 2.05) is 39.8 Å². The third kappa shape index (κ3) is 6.28. The maximum atomic E-state index is 12.8. The SMILES string of the molecule is Cc1cc(NC(=O)C2CCC(NS(=O)(=O)C(C)C)CC2)c(C)c(C(=O)NC(C)C)c1. The van der Waals surface area contributed by atoms with Crippen molar-refractivity contribution in [1.29, 1.82) is 0 Å². The summed E-state index contributed by atoms with van der Waals surface area (Å²) in [6.45, 7) is 10.9. The highest BCUT2D eigenvalue weighted by Crippen LogP contribution is 2.28. The molecule has 0 atom stereocenters. The molecule has 0 aliphatic heterocycles. The first-order valence-electron chi connectivity index (χ1n) is 10.6. The summed E-state index contributed by atoms with van der Waals surface area (Å²) in [7, 11) is -3.30. The topological polar surface area (TPSA) is 104 Å². The standard InChI is InChI=1S/C22H35N3O4S/c1-13(2)23-22(27)19-11-15(5)12-20(16(19)6)24-21(26)17-7-9-18(10-8-17)25-30(28,29)14(3)4/h11-14,17-18,25H,7-10H2,1-6H3,(H,23,27)(H,24,26). The van der Waals surface area contributed by atoms with Crippen LogP contribution in [0, 0.1) is 19.8 Å². The van der Waals surface area contributed by atoms with Gasteiger partial charge in [-0.15, -0.1) is 0 Å². The number of carbonyl (C=O) groups is 2. The highest BCUT2D eigenvalue weighted by atomic mass is 32.2. The zero-order chi connectivity index (χ0) is 22.6. The predicted octanol–water partition coefficient (Wildman–Crippen LogP) is 3.27. The molecule has 0 bridgehead atoms. The molecule has 1 fully saturated rings. The van der Waals surface area contributed by atoms with Crippen molar-refractivity contribution in [2.75, 3.05) is 5.32 Å². The Hall–Kier alpha value is -1.93. The van der Waals surface area contributed by atoms with Gasteiger partial charge in [-0.1, -0.05) is 0 Å². The van der Waals surface area contributed by atoms with Crippen LogP contribution in [0.1, 0.15) is 74.9 Å². The molecule has 1 aliphatic rings. The van der Waals surface area contributed by atoms with E-state index in [4.69, 9.17) is 0 Å². The summed E-state index contributed by atoms with van der Waals surface area (Å²) in [5, 5.41) is 5.42. The average Bonchev–Trinajstić information content (AvgIpc) is 2.63. The lowest BCUT2D eigenvalue weighted by molar-refractivity contribution is -0.120. The van der Waals surface area contributed by atoms with Crippen molar-refractivity contribution < 1.29 is 18.0 Å². The Labute approximate surface area is 180 Å². The summed E-state index contributed by atoms with van der Waals surface area (Å²) in [5.74, 6) is -0.401. The fourth-order valence-electron chi connectivity index (χ4n) is 3.64.